The molecule has 1 aromatic rings. The molecule has 2 N–H and O–H groups in total. The second kappa shape index (κ2) is 6.21. The van der Waals surface area contributed by atoms with Crippen LogP contribution in [0.3, 0.4) is 0 Å². The summed E-state index contributed by atoms with van der Waals surface area (Å²) < 4.78 is 5.76. The van der Waals surface area contributed by atoms with Crippen LogP contribution in [0.2, 0.25) is 0 Å². The van der Waals surface area contributed by atoms with Crippen LogP contribution < -0.4 is 10.1 Å². The minimum absolute atomic E-state index is 0.257. The van der Waals surface area contributed by atoms with Gasteiger partial charge in [-0.25, -0.2) is 0 Å². The Hall–Kier alpha value is -1.06. The van der Waals surface area contributed by atoms with Gasteiger partial charge in [-0.1, -0.05) is 12.1 Å². The summed E-state index contributed by atoms with van der Waals surface area (Å²) in [6.07, 6.45) is 2.63. The molecule has 1 saturated heterocycles. The fourth-order valence-electron chi connectivity index (χ4n) is 2.39. The first-order valence-corrected chi connectivity index (χ1v) is 6.78. The Labute approximate surface area is 109 Å². The number of nitrogens with one attached hydrogen (secondary N) is 1. The van der Waals surface area contributed by atoms with Crippen LogP contribution in [0.1, 0.15) is 30.4 Å². The zero-order chi connectivity index (χ0) is 13.0. The summed E-state index contributed by atoms with van der Waals surface area (Å²) in [7, 11) is 0. The van der Waals surface area contributed by atoms with Crippen molar-refractivity contribution in [1.82, 2.24) is 5.32 Å². The number of benzene rings is 1. The molecule has 0 aliphatic carbocycles. The van der Waals surface area contributed by atoms with E-state index in [1.807, 2.05) is 6.92 Å². The van der Waals surface area contributed by atoms with Crippen molar-refractivity contribution >= 4 is 0 Å². The van der Waals surface area contributed by atoms with Gasteiger partial charge >= 0.3 is 0 Å². The average Bonchev–Trinajstić information content (AvgIpc) is 2.87. The SMILES string of the molecule is Cc1ccc(C)c(OCCC(O)C2CCCN2)c1. The van der Waals surface area contributed by atoms with E-state index in [2.05, 4.69) is 30.4 Å². The molecular formula is C15H23NO2. The van der Waals surface area contributed by atoms with Crippen LogP contribution in [0.4, 0.5) is 0 Å². The normalized spacial score (nSPS) is 20.9. The third-order valence-electron chi connectivity index (χ3n) is 3.58. The van der Waals surface area contributed by atoms with Crippen molar-refractivity contribution in [3.05, 3.63) is 29.3 Å². The maximum Gasteiger partial charge on any atom is 0.122 e. The van der Waals surface area contributed by atoms with Gasteiger partial charge in [-0.05, 0) is 50.4 Å². The fourth-order valence-corrected chi connectivity index (χ4v) is 2.39. The van der Waals surface area contributed by atoms with Gasteiger partial charge in [-0.3, -0.25) is 0 Å². The molecular weight excluding hydrogens is 226 g/mol. The molecule has 0 radical (unpaired) electrons. The monoisotopic (exact) mass is 249 g/mol. The van der Waals surface area contributed by atoms with Gasteiger partial charge in [-0.2, -0.15) is 0 Å². The molecule has 18 heavy (non-hydrogen) atoms. The Morgan fingerprint density at radius 1 is 1.44 bits per heavy atom. The molecule has 1 aliphatic rings. The summed E-state index contributed by atoms with van der Waals surface area (Å²) in [5, 5.41) is 13.3. The summed E-state index contributed by atoms with van der Waals surface area (Å²) in [6, 6.07) is 6.46. The second-order valence-corrected chi connectivity index (χ2v) is 5.18. The van der Waals surface area contributed by atoms with E-state index in [-0.39, 0.29) is 12.1 Å². The molecule has 2 atom stereocenters. The van der Waals surface area contributed by atoms with Crippen molar-refractivity contribution in [1.29, 1.82) is 0 Å². The molecule has 100 valence electrons. The summed E-state index contributed by atoms with van der Waals surface area (Å²) in [5.74, 6) is 0.932. The summed E-state index contributed by atoms with van der Waals surface area (Å²) >= 11 is 0. The van der Waals surface area contributed by atoms with Gasteiger partial charge in [0.05, 0.1) is 12.7 Å². The number of hydrogen-bond donors (Lipinski definition) is 2. The highest BCUT2D eigenvalue weighted by Gasteiger charge is 2.22. The lowest BCUT2D eigenvalue weighted by molar-refractivity contribution is 0.107. The standard InChI is InChI=1S/C15H23NO2/c1-11-5-6-12(2)15(10-11)18-9-7-14(17)13-4-3-8-16-13/h5-6,10,13-14,16-17H,3-4,7-9H2,1-2H3. The predicted molar refractivity (Wildman–Crippen MR) is 73.1 cm³/mol. The lowest BCUT2D eigenvalue weighted by atomic mass is 10.1. The van der Waals surface area contributed by atoms with E-state index in [1.165, 1.54) is 12.0 Å². The summed E-state index contributed by atoms with van der Waals surface area (Å²) in [4.78, 5) is 0. The zero-order valence-corrected chi connectivity index (χ0v) is 11.3. The molecule has 1 fully saturated rings. The van der Waals surface area contributed by atoms with Gasteiger partial charge in [0.15, 0.2) is 0 Å². The lowest BCUT2D eigenvalue weighted by Gasteiger charge is -2.18. The van der Waals surface area contributed by atoms with Crippen LogP contribution in [0.15, 0.2) is 18.2 Å². The molecule has 1 aromatic carbocycles. The Morgan fingerprint density at radius 3 is 3.00 bits per heavy atom. The fraction of sp³-hybridized carbons (Fsp3) is 0.600. The first-order valence-electron chi connectivity index (χ1n) is 6.78. The van der Waals surface area contributed by atoms with Crippen molar-refractivity contribution < 1.29 is 9.84 Å². The lowest BCUT2D eigenvalue weighted by Crippen LogP contribution is -2.35. The molecule has 1 heterocycles. The van der Waals surface area contributed by atoms with Gasteiger partial charge in [0.1, 0.15) is 5.75 Å². The minimum Gasteiger partial charge on any atom is -0.493 e. The quantitative estimate of drug-likeness (QED) is 0.840. The highest BCUT2D eigenvalue weighted by molar-refractivity contribution is 5.35. The molecule has 0 aromatic heterocycles. The molecule has 3 heteroatoms. The Morgan fingerprint density at radius 2 is 2.28 bits per heavy atom. The first kappa shape index (κ1) is 13.4. The molecule has 0 spiro atoms. The van der Waals surface area contributed by atoms with E-state index in [0.29, 0.717) is 13.0 Å². The van der Waals surface area contributed by atoms with Gasteiger partial charge in [-0.15, -0.1) is 0 Å². The van der Waals surface area contributed by atoms with E-state index in [9.17, 15) is 5.11 Å². The number of ether oxygens (including phenoxy) is 1. The maximum atomic E-state index is 10.0. The van der Waals surface area contributed by atoms with E-state index >= 15 is 0 Å². The number of aryl methyl sites for hydroxylation is 2. The molecule has 3 nitrogen and oxygen atoms in total. The van der Waals surface area contributed by atoms with Crippen LogP contribution in [0.5, 0.6) is 5.75 Å². The van der Waals surface area contributed by atoms with Crippen LogP contribution in [0.25, 0.3) is 0 Å². The van der Waals surface area contributed by atoms with Gasteiger partial charge in [0.25, 0.3) is 0 Å². The van der Waals surface area contributed by atoms with Gasteiger partial charge < -0.3 is 15.2 Å². The molecule has 0 amide bonds. The number of aliphatic hydroxyl groups excluding tert-OH is 1. The molecule has 0 saturated carbocycles. The average molecular weight is 249 g/mol. The van der Waals surface area contributed by atoms with Gasteiger partial charge in [0, 0.05) is 12.5 Å². The number of hydrogen-bond acceptors (Lipinski definition) is 3. The molecule has 2 rings (SSSR count). The third-order valence-corrected chi connectivity index (χ3v) is 3.58. The van der Waals surface area contributed by atoms with Crippen molar-refractivity contribution in [2.24, 2.45) is 0 Å². The summed E-state index contributed by atoms with van der Waals surface area (Å²) in [5.41, 5.74) is 2.35. The van der Waals surface area contributed by atoms with Crippen LogP contribution in [-0.4, -0.2) is 30.4 Å². The Balaban J connectivity index is 1.79. The van der Waals surface area contributed by atoms with Crippen molar-refractivity contribution in [3.63, 3.8) is 0 Å². The van der Waals surface area contributed by atoms with Gasteiger partial charge in [0.2, 0.25) is 0 Å². The maximum absolute atomic E-state index is 10.0. The topological polar surface area (TPSA) is 41.5 Å². The predicted octanol–water partition coefficient (Wildman–Crippen LogP) is 2.19. The highest BCUT2D eigenvalue weighted by Crippen LogP contribution is 2.20. The zero-order valence-electron chi connectivity index (χ0n) is 11.3. The van der Waals surface area contributed by atoms with E-state index < -0.39 is 0 Å². The second-order valence-electron chi connectivity index (χ2n) is 5.18. The number of aliphatic hydroxyl groups is 1. The molecule has 0 bridgehead atoms. The van der Waals surface area contributed by atoms with Crippen LogP contribution in [-0.2, 0) is 0 Å². The van der Waals surface area contributed by atoms with Crippen molar-refractivity contribution in [2.75, 3.05) is 13.2 Å². The third kappa shape index (κ3) is 3.47. The Kier molecular flexibility index (Phi) is 4.61. The van der Waals surface area contributed by atoms with Crippen LogP contribution in [0, 0.1) is 13.8 Å². The smallest absolute Gasteiger partial charge is 0.122 e. The summed E-state index contributed by atoms with van der Waals surface area (Å²) in [6.45, 7) is 5.70. The minimum atomic E-state index is -0.294. The number of rotatable bonds is 5. The molecule has 1 aliphatic heterocycles. The highest BCUT2D eigenvalue weighted by atomic mass is 16.5. The largest absolute Gasteiger partial charge is 0.493 e. The first-order chi connectivity index (χ1) is 8.66. The van der Waals surface area contributed by atoms with E-state index in [1.54, 1.807) is 0 Å². The van der Waals surface area contributed by atoms with Crippen LogP contribution >= 0.6 is 0 Å². The van der Waals surface area contributed by atoms with Crippen molar-refractivity contribution in [2.45, 2.75) is 45.3 Å². The Bertz CT molecular complexity index is 386. The van der Waals surface area contributed by atoms with Crippen molar-refractivity contribution in [3.8, 4) is 5.75 Å². The molecule has 2 unspecified atom stereocenters. The van der Waals surface area contributed by atoms with E-state index in [4.69, 9.17) is 4.74 Å². The van der Waals surface area contributed by atoms with E-state index in [0.717, 1.165) is 24.3 Å².